The Balaban J connectivity index is 1.56. The van der Waals surface area contributed by atoms with Crippen LogP contribution in [0.2, 0.25) is 0 Å². The molecule has 6 nitrogen and oxygen atoms in total. The van der Waals surface area contributed by atoms with E-state index in [-0.39, 0.29) is 11.8 Å². The van der Waals surface area contributed by atoms with Crippen LogP contribution in [0.5, 0.6) is 0 Å². The molecule has 7 heteroatoms. The van der Waals surface area contributed by atoms with Crippen molar-refractivity contribution in [2.75, 3.05) is 13.1 Å². The normalized spacial score (nSPS) is 17.9. The smallest absolute Gasteiger partial charge is 0.264 e. The molecule has 2 aromatic heterocycles. The van der Waals surface area contributed by atoms with E-state index in [1.165, 1.54) is 11.3 Å². The standard InChI is InChI=1S/C17H20N4O2S/c22-16-5-1-6-19(16)10-13-14-11-20(7-3-8-21(14)12-18-13)17(23)15-4-2-9-24-15/h2,4,9,12H,1,3,5-8,10-11H2. The average molecular weight is 344 g/mol. The molecule has 0 radical (unpaired) electrons. The quantitative estimate of drug-likeness (QED) is 0.857. The minimum Gasteiger partial charge on any atom is -0.337 e. The van der Waals surface area contributed by atoms with Gasteiger partial charge in [-0.05, 0) is 24.3 Å². The molecule has 1 fully saturated rings. The molecule has 0 atom stereocenters. The number of rotatable bonds is 3. The maximum absolute atomic E-state index is 12.7. The van der Waals surface area contributed by atoms with E-state index >= 15 is 0 Å². The van der Waals surface area contributed by atoms with Crippen LogP contribution >= 0.6 is 11.3 Å². The van der Waals surface area contributed by atoms with Gasteiger partial charge in [-0.25, -0.2) is 4.98 Å². The molecule has 2 aliphatic heterocycles. The number of aryl methyl sites for hydroxylation is 1. The SMILES string of the molecule is O=C1CCCN1Cc1ncn2c1CN(C(=O)c1cccs1)CCC2. The zero-order valence-corrected chi connectivity index (χ0v) is 14.3. The van der Waals surface area contributed by atoms with Gasteiger partial charge < -0.3 is 14.4 Å². The largest absolute Gasteiger partial charge is 0.337 e. The van der Waals surface area contributed by atoms with Gasteiger partial charge in [0.1, 0.15) is 0 Å². The molecule has 0 spiro atoms. The van der Waals surface area contributed by atoms with Crippen LogP contribution < -0.4 is 0 Å². The highest BCUT2D eigenvalue weighted by molar-refractivity contribution is 7.12. The average Bonchev–Trinajstić information content (AvgIpc) is 3.29. The fraction of sp³-hybridized carbons (Fsp3) is 0.471. The third kappa shape index (κ3) is 2.84. The minimum atomic E-state index is 0.0860. The lowest BCUT2D eigenvalue weighted by Gasteiger charge is -2.21. The molecule has 4 heterocycles. The first-order valence-electron chi connectivity index (χ1n) is 8.36. The predicted molar refractivity (Wildman–Crippen MR) is 90.6 cm³/mol. The number of carbonyl (C=O) groups excluding carboxylic acids is 2. The van der Waals surface area contributed by atoms with Crippen LogP contribution in [0.3, 0.4) is 0 Å². The summed E-state index contributed by atoms with van der Waals surface area (Å²) in [7, 11) is 0. The summed E-state index contributed by atoms with van der Waals surface area (Å²) < 4.78 is 2.14. The van der Waals surface area contributed by atoms with Crippen LogP contribution in [-0.4, -0.2) is 44.3 Å². The second-order valence-corrected chi connectivity index (χ2v) is 7.26. The van der Waals surface area contributed by atoms with E-state index in [2.05, 4.69) is 9.55 Å². The Hall–Kier alpha value is -2.15. The first kappa shape index (κ1) is 15.4. The lowest BCUT2D eigenvalue weighted by atomic mass is 10.2. The summed E-state index contributed by atoms with van der Waals surface area (Å²) in [6.45, 7) is 3.55. The lowest BCUT2D eigenvalue weighted by Crippen LogP contribution is -2.31. The summed E-state index contributed by atoms with van der Waals surface area (Å²) in [5.74, 6) is 0.291. The Morgan fingerprint density at radius 2 is 2.17 bits per heavy atom. The summed E-state index contributed by atoms with van der Waals surface area (Å²) >= 11 is 1.48. The van der Waals surface area contributed by atoms with Crippen LogP contribution in [0, 0.1) is 0 Å². The Morgan fingerprint density at radius 3 is 2.92 bits per heavy atom. The molecule has 1 saturated heterocycles. The van der Waals surface area contributed by atoms with Gasteiger partial charge in [0.25, 0.3) is 5.91 Å². The van der Waals surface area contributed by atoms with Crippen LogP contribution in [-0.2, 0) is 24.4 Å². The van der Waals surface area contributed by atoms with E-state index < -0.39 is 0 Å². The van der Waals surface area contributed by atoms with Crippen molar-refractivity contribution in [3.8, 4) is 0 Å². The molecule has 0 unspecified atom stereocenters. The molecule has 0 saturated carbocycles. The molecule has 0 aromatic carbocycles. The van der Waals surface area contributed by atoms with Crippen molar-refractivity contribution in [2.45, 2.75) is 38.9 Å². The zero-order chi connectivity index (χ0) is 16.5. The fourth-order valence-corrected chi connectivity index (χ4v) is 4.12. The molecule has 0 aliphatic carbocycles. The van der Waals surface area contributed by atoms with Crippen LogP contribution in [0.1, 0.15) is 40.3 Å². The molecular formula is C17H20N4O2S. The summed E-state index contributed by atoms with van der Waals surface area (Å²) in [4.78, 5) is 33.7. The number of fused-ring (bicyclic) bond motifs is 1. The van der Waals surface area contributed by atoms with Crippen molar-refractivity contribution in [3.63, 3.8) is 0 Å². The second kappa shape index (κ2) is 6.39. The number of likely N-dealkylation sites (tertiary alicyclic amines) is 1. The third-order valence-electron chi connectivity index (χ3n) is 4.73. The lowest BCUT2D eigenvalue weighted by molar-refractivity contribution is -0.128. The van der Waals surface area contributed by atoms with Gasteiger partial charge in [-0.1, -0.05) is 6.07 Å². The van der Waals surface area contributed by atoms with Gasteiger partial charge in [-0.15, -0.1) is 11.3 Å². The highest BCUT2D eigenvalue weighted by atomic mass is 32.1. The van der Waals surface area contributed by atoms with E-state index in [0.717, 1.165) is 48.7 Å². The topological polar surface area (TPSA) is 58.4 Å². The van der Waals surface area contributed by atoms with Crippen LogP contribution in [0.4, 0.5) is 0 Å². The van der Waals surface area contributed by atoms with Crippen molar-refractivity contribution in [2.24, 2.45) is 0 Å². The van der Waals surface area contributed by atoms with Crippen molar-refractivity contribution >= 4 is 23.2 Å². The van der Waals surface area contributed by atoms with Gasteiger partial charge in [0.15, 0.2) is 0 Å². The van der Waals surface area contributed by atoms with Gasteiger partial charge in [0, 0.05) is 26.1 Å². The molecule has 2 aromatic rings. The Morgan fingerprint density at radius 1 is 1.25 bits per heavy atom. The number of hydrogen-bond donors (Lipinski definition) is 0. The van der Waals surface area contributed by atoms with Gasteiger partial charge >= 0.3 is 0 Å². The molecule has 2 amide bonds. The fourth-order valence-electron chi connectivity index (χ4n) is 3.43. The maximum Gasteiger partial charge on any atom is 0.264 e. The number of carbonyl (C=O) groups is 2. The molecule has 126 valence electrons. The van der Waals surface area contributed by atoms with Crippen molar-refractivity contribution in [1.29, 1.82) is 0 Å². The maximum atomic E-state index is 12.7. The monoisotopic (exact) mass is 344 g/mol. The third-order valence-corrected chi connectivity index (χ3v) is 5.59. The van der Waals surface area contributed by atoms with E-state index in [4.69, 9.17) is 0 Å². The van der Waals surface area contributed by atoms with Gasteiger partial charge in [0.05, 0.1) is 35.7 Å². The summed E-state index contributed by atoms with van der Waals surface area (Å²) in [6.07, 6.45) is 4.34. The number of aromatic nitrogens is 2. The van der Waals surface area contributed by atoms with E-state index in [1.54, 1.807) is 0 Å². The van der Waals surface area contributed by atoms with Gasteiger partial charge in [-0.2, -0.15) is 0 Å². The van der Waals surface area contributed by atoms with Crippen molar-refractivity contribution in [1.82, 2.24) is 19.4 Å². The predicted octanol–water partition coefficient (Wildman–Crippen LogP) is 2.11. The van der Waals surface area contributed by atoms with E-state index in [0.29, 0.717) is 19.5 Å². The van der Waals surface area contributed by atoms with Crippen molar-refractivity contribution < 1.29 is 9.59 Å². The number of hydrogen-bond acceptors (Lipinski definition) is 4. The minimum absolute atomic E-state index is 0.0860. The van der Waals surface area contributed by atoms with Gasteiger partial charge in [0.2, 0.25) is 5.91 Å². The molecule has 4 rings (SSSR count). The zero-order valence-electron chi connectivity index (χ0n) is 13.5. The molecule has 2 aliphatic rings. The number of amides is 2. The number of nitrogens with zero attached hydrogens (tertiary/aromatic N) is 4. The highest BCUT2D eigenvalue weighted by Gasteiger charge is 2.26. The van der Waals surface area contributed by atoms with Crippen LogP contribution in [0.15, 0.2) is 23.8 Å². The molecule has 0 bridgehead atoms. The first-order chi connectivity index (χ1) is 11.7. The van der Waals surface area contributed by atoms with E-state index in [9.17, 15) is 9.59 Å². The Kier molecular flexibility index (Phi) is 4.10. The molecule has 0 N–H and O–H groups in total. The van der Waals surface area contributed by atoms with Crippen LogP contribution in [0.25, 0.3) is 0 Å². The number of thiophene rings is 1. The van der Waals surface area contributed by atoms with E-state index in [1.807, 2.05) is 33.6 Å². The Bertz CT molecular complexity index is 753. The summed E-state index contributed by atoms with van der Waals surface area (Å²) in [5.41, 5.74) is 1.99. The second-order valence-electron chi connectivity index (χ2n) is 6.31. The first-order valence-corrected chi connectivity index (χ1v) is 9.24. The van der Waals surface area contributed by atoms with Crippen molar-refractivity contribution in [3.05, 3.63) is 40.1 Å². The van der Waals surface area contributed by atoms with Gasteiger partial charge in [-0.3, -0.25) is 9.59 Å². The molecule has 24 heavy (non-hydrogen) atoms. The summed E-state index contributed by atoms with van der Waals surface area (Å²) in [6, 6.07) is 3.78. The highest BCUT2D eigenvalue weighted by Crippen LogP contribution is 2.22. The summed E-state index contributed by atoms with van der Waals surface area (Å²) in [5, 5.41) is 1.93. The Labute approximate surface area is 144 Å². The molecular weight excluding hydrogens is 324 g/mol. The number of imidazole rings is 1.